The van der Waals surface area contributed by atoms with Gasteiger partial charge < -0.3 is 5.73 Å². The van der Waals surface area contributed by atoms with Crippen molar-refractivity contribution in [2.45, 2.75) is 19.8 Å². The number of hydrogen-bond acceptors (Lipinski definition) is 4. The van der Waals surface area contributed by atoms with Crippen molar-refractivity contribution >= 4 is 11.5 Å². The fraction of sp³-hybridized carbons (Fsp3) is 0.300. The minimum absolute atomic E-state index is 0.00917. The highest BCUT2D eigenvalue weighted by Crippen LogP contribution is 2.26. The van der Waals surface area contributed by atoms with E-state index < -0.39 is 5.82 Å². The van der Waals surface area contributed by atoms with Crippen molar-refractivity contribution < 1.29 is 4.39 Å². The molecule has 0 saturated carbocycles. The van der Waals surface area contributed by atoms with Crippen LogP contribution in [0, 0.1) is 17.1 Å². The summed E-state index contributed by atoms with van der Waals surface area (Å²) in [6.07, 6.45) is 1.28. The SMILES string of the molecule is CC(C)c1c(C#N)c(F)c2cnc(N)nn12. The summed E-state index contributed by atoms with van der Waals surface area (Å²) in [6, 6.07) is 1.85. The monoisotopic (exact) mass is 219 g/mol. The largest absolute Gasteiger partial charge is 0.367 e. The molecule has 0 amide bonds. The van der Waals surface area contributed by atoms with Crippen LogP contribution in [0.5, 0.6) is 0 Å². The van der Waals surface area contributed by atoms with Gasteiger partial charge in [0.1, 0.15) is 17.1 Å². The molecule has 0 aromatic carbocycles. The Morgan fingerprint density at radius 3 is 2.81 bits per heavy atom. The minimum atomic E-state index is -0.591. The van der Waals surface area contributed by atoms with E-state index in [-0.39, 0.29) is 22.9 Å². The van der Waals surface area contributed by atoms with E-state index in [9.17, 15) is 4.39 Å². The molecule has 0 aliphatic carbocycles. The summed E-state index contributed by atoms with van der Waals surface area (Å²) in [5.74, 6) is -0.568. The first kappa shape index (κ1) is 10.4. The number of nitrogen functional groups attached to an aromatic ring is 1. The summed E-state index contributed by atoms with van der Waals surface area (Å²) < 4.78 is 15.2. The summed E-state index contributed by atoms with van der Waals surface area (Å²) in [6.45, 7) is 3.72. The van der Waals surface area contributed by atoms with Gasteiger partial charge in [0, 0.05) is 0 Å². The van der Waals surface area contributed by atoms with Crippen molar-refractivity contribution in [2.24, 2.45) is 0 Å². The molecule has 0 saturated heterocycles. The van der Waals surface area contributed by atoms with Crippen LogP contribution >= 0.6 is 0 Å². The van der Waals surface area contributed by atoms with Crippen molar-refractivity contribution in [1.82, 2.24) is 14.6 Å². The molecule has 82 valence electrons. The lowest BCUT2D eigenvalue weighted by Crippen LogP contribution is -2.05. The van der Waals surface area contributed by atoms with E-state index in [1.807, 2.05) is 19.9 Å². The lowest BCUT2D eigenvalue weighted by molar-refractivity contribution is 0.634. The topological polar surface area (TPSA) is 80.0 Å². The number of fused-ring (bicyclic) bond motifs is 1. The standard InChI is InChI=1S/C10H10FN5/c1-5(2)9-6(3-12)8(11)7-4-14-10(13)15-16(7)9/h4-5H,1-2H3,(H2,13,15). The number of rotatable bonds is 1. The Morgan fingerprint density at radius 1 is 1.56 bits per heavy atom. The molecule has 2 aromatic rings. The Labute approximate surface area is 91.3 Å². The first-order chi connectivity index (χ1) is 7.56. The van der Waals surface area contributed by atoms with Crippen LogP contribution in [0.25, 0.3) is 5.52 Å². The molecule has 0 aliphatic rings. The van der Waals surface area contributed by atoms with E-state index in [1.165, 1.54) is 10.7 Å². The average Bonchev–Trinajstić information content (AvgIpc) is 2.50. The molecule has 6 heteroatoms. The van der Waals surface area contributed by atoms with E-state index in [1.54, 1.807) is 0 Å². The van der Waals surface area contributed by atoms with Gasteiger partial charge in [-0.05, 0) is 5.92 Å². The predicted octanol–water partition coefficient (Wildman–Crippen LogP) is 1.45. The van der Waals surface area contributed by atoms with Gasteiger partial charge in [-0.15, -0.1) is 5.10 Å². The normalized spacial score (nSPS) is 10.9. The van der Waals surface area contributed by atoms with Crippen molar-refractivity contribution in [3.05, 3.63) is 23.3 Å². The number of anilines is 1. The van der Waals surface area contributed by atoms with Gasteiger partial charge in [-0.25, -0.2) is 13.9 Å². The number of hydrogen-bond donors (Lipinski definition) is 1. The highest BCUT2D eigenvalue weighted by Gasteiger charge is 2.21. The van der Waals surface area contributed by atoms with Crippen LogP contribution in [0.4, 0.5) is 10.3 Å². The molecule has 0 atom stereocenters. The highest BCUT2D eigenvalue weighted by molar-refractivity contribution is 5.58. The van der Waals surface area contributed by atoms with Crippen molar-refractivity contribution in [1.29, 1.82) is 5.26 Å². The number of nitrogens with two attached hydrogens (primary N) is 1. The molecule has 0 spiro atoms. The molecule has 5 nitrogen and oxygen atoms in total. The quantitative estimate of drug-likeness (QED) is 0.787. The summed E-state index contributed by atoms with van der Waals surface area (Å²) in [7, 11) is 0. The first-order valence-corrected chi connectivity index (χ1v) is 4.79. The van der Waals surface area contributed by atoms with Gasteiger partial charge >= 0.3 is 0 Å². The number of nitriles is 1. The predicted molar refractivity (Wildman–Crippen MR) is 56.2 cm³/mol. The number of halogens is 1. The van der Waals surface area contributed by atoms with Gasteiger partial charge in [0.15, 0.2) is 5.82 Å². The maximum Gasteiger partial charge on any atom is 0.238 e. The van der Waals surface area contributed by atoms with Crippen LogP contribution in [-0.4, -0.2) is 14.6 Å². The Bertz CT molecular complexity index is 593. The molecule has 2 rings (SSSR count). The lowest BCUT2D eigenvalue weighted by Gasteiger charge is -2.05. The fourth-order valence-electron chi connectivity index (χ4n) is 1.68. The van der Waals surface area contributed by atoms with Gasteiger partial charge in [0.05, 0.1) is 11.9 Å². The van der Waals surface area contributed by atoms with Crippen LogP contribution in [0.15, 0.2) is 6.20 Å². The zero-order chi connectivity index (χ0) is 11.9. The summed E-state index contributed by atoms with van der Waals surface area (Å²) in [4.78, 5) is 3.71. The number of aromatic nitrogens is 3. The Kier molecular flexibility index (Phi) is 2.23. The zero-order valence-corrected chi connectivity index (χ0v) is 8.90. The molecule has 2 heterocycles. The van der Waals surface area contributed by atoms with Gasteiger partial charge in [-0.1, -0.05) is 13.8 Å². The van der Waals surface area contributed by atoms with E-state index in [4.69, 9.17) is 11.0 Å². The van der Waals surface area contributed by atoms with E-state index in [0.717, 1.165) is 0 Å². The summed E-state index contributed by atoms with van der Waals surface area (Å²) >= 11 is 0. The Balaban J connectivity index is 2.94. The second-order valence-electron chi connectivity index (χ2n) is 3.75. The second kappa shape index (κ2) is 3.45. The molecule has 2 aromatic heterocycles. The lowest BCUT2D eigenvalue weighted by atomic mass is 10.1. The Morgan fingerprint density at radius 2 is 2.25 bits per heavy atom. The molecule has 16 heavy (non-hydrogen) atoms. The average molecular weight is 219 g/mol. The molecule has 0 bridgehead atoms. The molecular formula is C10H10FN5. The summed E-state index contributed by atoms with van der Waals surface area (Å²) in [5, 5.41) is 12.9. The van der Waals surface area contributed by atoms with Gasteiger partial charge in [0.2, 0.25) is 5.95 Å². The van der Waals surface area contributed by atoms with Crippen LogP contribution in [0.1, 0.15) is 31.0 Å². The molecule has 2 N–H and O–H groups in total. The van der Waals surface area contributed by atoms with E-state index >= 15 is 0 Å². The molecule has 0 aliphatic heterocycles. The van der Waals surface area contributed by atoms with Crippen LogP contribution in [0.2, 0.25) is 0 Å². The molecule has 0 unspecified atom stereocenters. The zero-order valence-electron chi connectivity index (χ0n) is 8.90. The maximum absolute atomic E-state index is 13.8. The van der Waals surface area contributed by atoms with Gasteiger partial charge in [-0.2, -0.15) is 5.26 Å². The third kappa shape index (κ3) is 1.29. The van der Waals surface area contributed by atoms with Crippen LogP contribution in [-0.2, 0) is 0 Å². The minimum Gasteiger partial charge on any atom is -0.367 e. The number of nitrogens with zero attached hydrogens (tertiary/aromatic N) is 4. The Hall–Kier alpha value is -2.16. The van der Waals surface area contributed by atoms with Gasteiger partial charge in [-0.3, -0.25) is 0 Å². The maximum atomic E-state index is 13.8. The van der Waals surface area contributed by atoms with Crippen LogP contribution in [0.3, 0.4) is 0 Å². The van der Waals surface area contributed by atoms with Crippen molar-refractivity contribution in [3.63, 3.8) is 0 Å². The fourth-order valence-corrected chi connectivity index (χ4v) is 1.68. The third-order valence-electron chi connectivity index (χ3n) is 2.34. The van der Waals surface area contributed by atoms with Crippen molar-refractivity contribution in [2.75, 3.05) is 5.73 Å². The molecular weight excluding hydrogens is 209 g/mol. The molecule has 0 radical (unpaired) electrons. The summed E-state index contributed by atoms with van der Waals surface area (Å²) in [5.41, 5.74) is 6.15. The van der Waals surface area contributed by atoms with E-state index in [2.05, 4.69) is 10.1 Å². The van der Waals surface area contributed by atoms with E-state index in [0.29, 0.717) is 5.69 Å². The first-order valence-electron chi connectivity index (χ1n) is 4.79. The highest BCUT2D eigenvalue weighted by atomic mass is 19.1. The van der Waals surface area contributed by atoms with Gasteiger partial charge in [0.25, 0.3) is 0 Å². The smallest absolute Gasteiger partial charge is 0.238 e. The third-order valence-corrected chi connectivity index (χ3v) is 2.34. The van der Waals surface area contributed by atoms with Crippen molar-refractivity contribution in [3.8, 4) is 6.07 Å². The van der Waals surface area contributed by atoms with Crippen LogP contribution < -0.4 is 5.73 Å². The second-order valence-corrected chi connectivity index (χ2v) is 3.75. The molecule has 0 fully saturated rings.